The number of ether oxygens (including phenoxy) is 2. The van der Waals surface area contributed by atoms with Crippen LogP contribution in [0.25, 0.3) is 0 Å². The van der Waals surface area contributed by atoms with Gasteiger partial charge in [0.05, 0.1) is 26.0 Å². The van der Waals surface area contributed by atoms with Crippen molar-refractivity contribution in [2.24, 2.45) is 5.16 Å². The predicted octanol–water partition coefficient (Wildman–Crippen LogP) is 2.37. The van der Waals surface area contributed by atoms with Gasteiger partial charge in [0.2, 0.25) is 11.6 Å². The van der Waals surface area contributed by atoms with E-state index in [-0.39, 0.29) is 5.76 Å². The molecule has 0 saturated carbocycles. The summed E-state index contributed by atoms with van der Waals surface area (Å²) in [6.07, 6.45) is 1.43. The lowest BCUT2D eigenvalue weighted by Crippen LogP contribution is -2.54. The Kier molecular flexibility index (Phi) is 4.26. The van der Waals surface area contributed by atoms with E-state index in [0.717, 1.165) is 0 Å². The first-order chi connectivity index (χ1) is 12.0. The minimum absolute atomic E-state index is 0.184. The number of nitrogens with zero attached hydrogens (tertiary/aromatic N) is 2. The van der Waals surface area contributed by atoms with Gasteiger partial charge < -0.3 is 18.7 Å². The van der Waals surface area contributed by atoms with Crippen molar-refractivity contribution in [3.05, 3.63) is 47.9 Å². The Labute approximate surface area is 144 Å². The summed E-state index contributed by atoms with van der Waals surface area (Å²) in [5, 5.41) is 5.65. The maximum Gasteiger partial charge on any atom is 0.305 e. The molecule has 0 aliphatic carbocycles. The van der Waals surface area contributed by atoms with Gasteiger partial charge in [-0.05, 0) is 38.1 Å². The van der Waals surface area contributed by atoms with Gasteiger partial charge in [0, 0.05) is 6.07 Å². The van der Waals surface area contributed by atoms with Crippen LogP contribution in [0.3, 0.4) is 0 Å². The Morgan fingerprint density at radius 2 is 2.04 bits per heavy atom. The van der Waals surface area contributed by atoms with Gasteiger partial charge in [-0.1, -0.05) is 5.16 Å². The van der Waals surface area contributed by atoms with Crippen LogP contribution in [-0.4, -0.2) is 36.7 Å². The minimum atomic E-state index is -0.886. The molecule has 25 heavy (non-hydrogen) atoms. The number of methoxy groups -OCH3 is 2. The van der Waals surface area contributed by atoms with Crippen molar-refractivity contribution >= 4 is 11.7 Å². The van der Waals surface area contributed by atoms with E-state index in [9.17, 15) is 4.79 Å². The van der Waals surface area contributed by atoms with Crippen molar-refractivity contribution in [3.8, 4) is 11.5 Å². The summed E-state index contributed by atoms with van der Waals surface area (Å²) in [4.78, 5) is 17.8. The van der Waals surface area contributed by atoms with Crippen LogP contribution in [0.15, 0.2) is 46.2 Å². The third-order valence-corrected chi connectivity index (χ3v) is 3.71. The molecule has 0 saturated heterocycles. The molecule has 1 aromatic carbocycles. The molecule has 2 aromatic rings. The van der Waals surface area contributed by atoms with E-state index in [0.29, 0.717) is 22.9 Å². The van der Waals surface area contributed by atoms with E-state index in [2.05, 4.69) is 10.6 Å². The van der Waals surface area contributed by atoms with Crippen molar-refractivity contribution < 1.29 is 23.5 Å². The first-order valence-corrected chi connectivity index (χ1v) is 7.59. The van der Waals surface area contributed by atoms with E-state index in [1.165, 1.54) is 11.3 Å². The lowest BCUT2D eigenvalue weighted by atomic mass is 10.1. The normalized spacial score (nSPS) is 15.4. The number of rotatable bonds is 5. The van der Waals surface area contributed by atoms with Crippen LogP contribution < -0.4 is 14.9 Å². The van der Waals surface area contributed by atoms with Crippen LogP contribution in [0.2, 0.25) is 0 Å². The molecule has 0 fully saturated rings. The van der Waals surface area contributed by atoms with Gasteiger partial charge in [0.15, 0.2) is 5.76 Å². The van der Waals surface area contributed by atoms with E-state index in [1.54, 1.807) is 58.4 Å². The highest BCUT2D eigenvalue weighted by Crippen LogP contribution is 2.31. The molecule has 1 N–H and O–H groups in total. The molecule has 0 radical (unpaired) electrons. The molecule has 0 atom stereocenters. The highest BCUT2D eigenvalue weighted by Gasteiger charge is 2.41. The zero-order chi connectivity index (χ0) is 18.0. The zero-order valence-electron chi connectivity index (χ0n) is 14.4. The van der Waals surface area contributed by atoms with Crippen molar-refractivity contribution in [2.45, 2.75) is 19.6 Å². The standard InChI is InChI=1S/C17H19N3O5/c1-17(2)20(18-16(21)13-6-5-9-24-13)15(19-25-17)12-8-7-11(22-3)10-14(12)23-4/h5-10H,1-4H3,(H,18,21). The summed E-state index contributed by atoms with van der Waals surface area (Å²) < 4.78 is 15.8. The van der Waals surface area contributed by atoms with Crippen molar-refractivity contribution in [3.63, 3.8) is 0 Å². The van der Waals surface area contributed by atoms with Crippen LogP contribution in [0.1, 0.15) is 30.0 Å². The Morgan fingerprint density at radius 3 is 2.68 bits per heavy atom. The molecule has 1 aromatic heterocycles. The van der Waals surface area contributed by atoms with E-state index < -0.39 is 11.6 Å². The molecular weight excluding hydrogens is 326 g/mol. The topological polar surface area (TPSA) is 85.5 Å². The molecule has 1 aliphatic rings. The summed E-state index contributed by atoms with van der Waals surface area (Å²) in [5.74, 6) is 1.36. The fraction of sp³-hybridized carbons (Fsp3) is 0.294. The van der Waals surface area contributed by atoms with E-state index in [4.69, 9.17) is 18.7 Å². The van der Waals surface area contributed by atoms with E-state index in [1.807, 2.05) is 0 Å². The SMILES string of the molecule is COc1ccc(C2=NOC(C)(C)N2NC(=O)c2ccco2)c(OC)c1. The minimum Gasteiger partial charge on any atom is -0.497 e. The van der Waals surface area contributed by atoms with Crippen LogP contribution in [0.4, 0.5) is 0 Å². The first kappa shape index (κ1) is 16.7. The molecule has 2 heterocycles. The monoisotopic (exact) mass is 345 g/mol. The molecule has 8 nitrogen and oxygen atoms in total. The number of oxime groups is 1. The number of hydrazine groups is 1. The second-order valence-electron chi connectivity index (χ2n) is 5.77. The Balaban J connectivity index is 1.93. The highest BCUT2D eigenvalue weighted by molar-refractivity contribution is 6.03. The number of amides is 1. The summed E-state index contributed by atoms with van der Waals surface area (Å²) in [5.41, 5.74) is 2.52. The highest BCUT2D eigenvalue weighted by atomic mass is 16.7. The molecule has 1 amide bonds. The number of carbonyl (C=O) groups is 1. The van der Waals surface area contributed by atoms with Crippen molar-refractivity contribution in [1.82, 2.24) is 10.4 Å². The maximum atomic E-state index is 12.4. The van der Waals surface area contributed by atoms with Crippen LogP contribution in [-0.2, 0) is 4.84 Å². The largest absolute Gasteiger partial charge is 0.497 e. The van der Waals surface area contributed by atoms with Gasteiger partial charge in [0.25, 0.3) is 0 Å². The summed E-state index contributed by atoms with van der Waals surface area (Å²) in [7, 11) is 3.12. The van der Waals surface area contributed by atoms with Gasteiger partial charge in [-0.3, -0.25) is 10.2 Å². The molecule has 1 aliphatic heterocycles. The first-order valence-electron chi connectivity index (χ1n) is 7.59. The van der Waals surface area contributed by atoms with Crippen LogP contribution in [0, 0.1) is 0 Å². The van der Waals surface area contributed by atoms with Crippen LogP contribution >= 0.6 is 0 Å². The summed E-state index contributed by atoms with van der Waals surface area (Å²) in [6.45, 7) is 3.56. The number of furan rings is 1. The number of hydrogen-bond acceptors (Lipinski definition) is 7. The molecule has 132 valence electrons. The quantitative estimate of drug-likeness (QED) is 0.895. The van der Waals surface area contributed by atoms with Gasteiger partial charge >= 0.3 is 5.91 Å². The van der Waals surface area contributed by atoms with Crippen LogP contribution in [0.5, 0.6) is 11.5 Å². The molecule has 0 unspecified atom stereocenters. The number of nitrogens with one attached hydrogen (secondary N) is 1. The predicted molar refractivity (Wildman–Crippen MR) is 89.3 cm³/mol. The van der Waals surface area contributed by atoms with Crippen molar-refractivity contribution in [1.29, 1.82) is 0 Å². The number of amidine groups is 1. The number of hydrogen-bond donors (Lipinski definition) is 1. The van der Waals surface area contributed by atoms with Gasteiger partial charge in [-0.15, -0.1) is 0 Å². The molecule has 0 bridgehead atoms. The van der Waals surface area contributed by atoms with E-state index >= 15 is 0 Å². The molecular formula is C17H19N3O5. The number of benzene rings is 1. The lowest BCUT2D eigenvalue weighted by molar-refractivity contribution is -0.0826. The van der Waals surface area contributed by atoms with Crippen molar-refractivity contribution in [2.75, 3.05) is 14.2 Å². The Hall–Kier alpha value is -3.16. The smallest absolute Gasteiger partial charge is 0.305 e. The Bertz CT molecular complexity index is 799. The summed E-state index contributed by atoms with van der Waals surface area (Å²) >= 11 is 0. The third-order valence-electron chi connectivity index (χ3n) is 3.71. The maximum absolute atomic E-state index is 12.4. The lowest BCUT2D eigenvalue weighted by Gasteiger charge is -2.31. The average Bonchev–Trinajstić information content (AvgIpc) is 3.23. The second kappa shape index (κ2) is 6.39. The number of carbonyl (C=O) groups excluding carboxylic acids is 1. The third kappa shape index (κ3) is 3.10. The van der Waals surface area contributed by atoms with Gasteiger partial charge in [0.1, 0.15) is 11.5 Å². The zero-order valence-corrected chi connectivity index (χ0v) is 14.4. The fourth-order valence-corrected chi connectivity index (χ4v) is 2.40. The average molecular weight is 345 g/mol. The fourth-order valence-electron chi connectivity index (χ4n) is 2.40. The molecule has 0 spiro atoms. The molecule has 3 rings (SSSR count). The van der Waals surface area contributed by atoms with Gasteiger partial charge in [-0.25, -0.2) is 5.01 Å². The summed E-state index contributed by atoms with van der Waals surface area (Å²) in [6, 6.07) is 8.51. The van der Waals surface area contributed by atoms with Gasteiger partial charge in [-0.2, -0.15) is 0 Å². The Morgan fingerprint density at radius 1 is 1.24 bits per heavy atom. The molecule has 8 heteroatoms. The second-order valence-corrected chi connectivity index (χ2v) is 5.77.